The fourth-order valence-corrected chi connectivity index (χ4v) is 1.76. The molecule has 2 aromatic heterocycles. The minimum atomic E-state index is -1.24. The molecule has 100 valence electrons. The number of nitrogens with zero attached hydrogens (tertiary/aromatic N) is 2. The van der Waals surface area contributed by atoms with Crippen molar-refractivity contribution >= 4 is 17.4 Å². The first-order valence-electron chi connectivity index (χ1n) is 5.92. The second kappa shape index (κ2) is 4.42. The van der Waals surface area contributed by atoms with Gasteiger partial charge >= 0.3 is 5.97 Å². The number of carbonyl (C=O) groups excluding carboxylic acids is 1. The van der Waals surface area contributed by atoms with Crippen LogP contribution in [0.25, 0.3) is 5.52 Å². The van der Waals surface area contributed by atoms with Crippen molar-refractivity contribution in [2.24, 2.45) is 0 Å². The van der Waals surface area contributed by atoms with Gasteiger partial charge in [0.25, 0.3) is 5.91 Å². The van der Waals surface area contributed by atoms with Crippen molar-refractivity contribution in [1.29, 1.82) is 0 Å². The Bertz CT molecular complexity index is 610. The van der Waals surface area contributed by atoms with Crippen molar-refractivity contribution in [2.75, 3.05) is 7.05 Å². The molecule has 5 heteroatoms. The van der Waals surface area contributed by atoms with E-state index in [9.17, 15) is 9.59 Å². The zero-order chi connectivity index (χ0) is 14.2. The third-order valence-electron chi connectivity index (χ3n) is 3.42. The predicted molar refractivity (Wildman–Crippen MR) is 71.2 cm³/mol. The van der Waals surface area contributed by atoms with Gasteiger partial charge in [0.05, 0.1) is 5.56 Å². The lowest BCUT2D eigenvalue weighted by Crippen LogP contribution is -2.50. The Morgan fingerprint density at radius 2 is 2.00 bits per heavy atom. The summed E-state index contributed by atoms with van der Waals surface area (Å²) in [5.41, 5.74) is 0.126. The monoisotopic (exact) mass is 260 g/mol. The third-order valence-corrected chi connectivity index (χ3v) is 3.42. The van der Waals surface area contributed by atoms with Crippen LogP contribution in [0.1, 0.15) is 24.2 Å². The molecule has 0 aliphatic heterocycles. The van der Waals surface area contributed by atoms with Gasteiger partial charge in [-0.1, -0.05) is 6.07 Å². The highest BCUT2D eigenvalue weighted by Crippen LogP contribution is 2.18. The number of carboxylic acids is 1. The number of hydrogen-bond donors (Lipinski definition) is 1. The number of amides is 1. The molecule has 0 aliphatic rings. The van der Waals surface area contributed by atoms with Crippen molar-refractivity contribution in [3.63, 3.8) is 0 Å². The van der Waals surface area contributed by atoms with Gasteiger partial charge in [0.15, 0.2) is 0 Å². The molecular formula is C14H16N2O3. The molecule has 0 saturated heterocycles. The molecule has 2 heterocycles. The van der Waals surface area contributed by atoms with Crippen molar-refractivity contribution < 1.29 is 14.7 Å². The Kier molecular flexibility index (Phi) is 3.06. The van der Waals surface area contributed by atoms with Crippen LogP contribution >= 0.6 is 0 Å². The lowest BCUT2D eigenvalue weighted by atomic mass is 10.0. The normalized spacial score (nSPS) is 11.5. The lowest BCUT2D eigenvalue weighted by Gasteiger charge is -2.31. The minimum Gasteiger partial charge on any atom is -0.480 e. The van der Waals surface area contributed by atoms with Crippen molar-refractivity contribution in [2.45, 2.75) is 19.4 Å². The van der Waals surface area contributed by atoms with Crippen LogP contribution in [0.2, 0.25) is 0 Å². The molecular weight excluding hydrogens is 244 g/mol. The largest absolute Gasteiger partial charge is 0.480 e. The molecule has 19 heavy (non-hydrogen) atoms. The number of carboxylic acid groups (broad SMARTS) is 1. The molecule has 0 saturated carbocycles. The van der Waals surface area contributed by atoms with E-state index in [-0.39, 0.29) is 5.91 Å². The second-order valence-electron chi connectivity index (χ2n) is 4.99. The van der Waals surface area contributed by atoms with Gasteiger partial charge in [-0.05, 0) is 32.0 Å². The van der Waals surface area contributed by atoms with Gasteiger partial charge in [-0.15, -0.1) is 0 Å². The topological polar surface area (TPSA) is 62.0 Å². The molecule has 1 N–H and O–H groups in total. The standard InChI is InChI=1S/C14H16N2O3/c1-14(2,13(18)19)15(3)12(17)10-8-11-6-4-5-7-16(11)9-10/h4-9H,1-3H3,(H,18,19). The van der Waals surface area contributed by atoms with Gasteiger partial charge in [0.1, 0.15) is 5.54 Å². The van der Waals surface area contributed by atoms with Gasteiger partial charge < -0.3 is 14.4 Å². The molecule has 0 aromatic carbocycles. The molecule has 0 radical (unpaired) electrons. The fraction of sp³-hybridized carbons (Fsp3) is 0.286. The Morgan fingerprint density at radius 1 is 1.32 bits per heavy atom. The first-order valence-corrected chi connectivity index (χ1v) is 5.92. The summed E-state index contributed by atoms with van der Waals surface area (Å²) < 4.78 is 1.83. The molecule has 0 spiro atoms. The Balaban J connectivity index is 2.36. The highest BCUT2D eigenvalue weighted by Gasteiger charge is 2.35. The number of pyridine rings is 1. The first kappa shape index (κ1) is 13.1. The van der Waals surface area contributed by atoms with Crippen LogP contribution in [0.15, 0.2) is 36.7 Å². The maximum absolute atomic E-state index is 12.3. The highest BCUT2D eigenvalue weighted by atomic mass is 16.4. The predicted octanol–water partition coefficient (Wildman–Crippen LogP) is 1.87. The van der Waals surface area contributed by atoms with Crippen LogP contribution in [0.4, 0.5) is 0 Å². The van der Waals surface area contributed by atoms with E-state index in [0.717, 1.165) is 5.52 Å². The highest BCUT2D eigenvalue weighted by molar-refractivity contribution is 5.98. The summed E-state index contributed by atoms with van der Waals surface area (Å²) in [7, 11) is 1.50. The molecule has 0 aliphatic carbocycles. The minimum absolute atomic E-state index is 0.309. The number of carbonyl (C=O) groups is 2. The number of fused-ring (bicyclic) bond motifs is 1. The molecule has 0 bridgehead atoms. The number of aromatic nitrogens is 1. The summed E-state index contributed by atoms with van der Waals surface area (Å²) in [6.45, 7) is 3.01. The van der Waals surface area contributed by atoms with Crippen LogP contribution in [-0.2, 0) is 4.79 Å². The van der Waals surface area contributed by atoms with E-state index in [4.69, 9.17) is 5.11 Å². The summed E-state index contributed by atoms with van der Waals surface area (Å²) in [4.78, 5) is 24.7. The van der Waals surface area contributed by atoms with E-state index in [1.54, 1.807) is 12.3 Å². The molecule has 2 aromatic rings. The summed E-state index contributed by atoms with van der Waals surface area (Å²) in [5.74, 6) is -1.34. The smallest absolute Gasteiger partial charge is 0.329 e. The average Bonchev–Trinajstić information content (AvgIpc) is 2.80. The van der Waals surface area contributed by atoms with E-state index in [0.29, 0.717) is 5.56 Å². The van der Waals surface area contributed by atoms with E-state index < -0.39 is 11.5 Å². The summed E-state index contributed by atoms with van der Waals surface area (Å²) in [6, 6.07) is 7.39. The second-order valence-corrected chi connectivity index (χ2v) is 4.99. The van der Waals surface area contributed by atoms with E-state index in [1.807, 2.05) is 28.8 Å². The Labute approximate surface area is 111 Å². The average molecular weight is 260 g/mol. The van der Waals surface area contributed by atoms with Gasteiger partial charge in [0.2, 0.25) is 0 Å². The first-order chi connectivity index (χ1) is 8.84. The zero-order valence-corrected chi connectivity index (χ0v) is 11.1. The van der Waals surface area contributed by atoms with Crippen molar-refractivity contribution in [1.82, 2.24) is 9.30 Å². The number of aliphatic carboxylic acids is 1. The Hall–Kier alpha value is -2.30. The summed E-state index contributed by atoms with van der Waals surface area (Å²) in [6.07, 6.45) is 3.54. The third kappa shape index (κ3) is 2.19. The summed E-state index contributed by atoms with van der Waals surface area (Å²) >= 11 is 0. The molecule has 1 amide bonds. The van der Waals surface area contributed by atoms with E-state index in [2.05, 4.69) is 0 Å². The molecule has 0 atom stereocenters. The van der Waals surface area contributed by atoms with Gasteiger partial charge in [-0.3, -0.25) is 4.79 Å². The van der Waals surface area contributed by atoms with Gasteiger partial charge in [0, 0.05) is 25.0 Å². The van der Waals surface area contributed by atoms with Crippen LogP contribution in [0, 0.1) is 0 Å². The number of hydrogen-bond acceptors (Lipinski definition) is 2. The lowest BCUT2D eigenvalue weighted by molar-refractivity contribution is -0.147. The quantitative estimate of drug-likeness (QED) is 0.916. The molecule has 2 rings (SSSR count). The summed E-state index contributed by atoms with van der Waals surface area (Å²) in [5, 5.41) is 9.15. The van der Waals surface area contributed by atoms with Crippen LogP contribution < -0.4 is 0 Å². The van der Waals surface area contributed by atoms with Crippen LogP contribution in [0.5, 0.6) is 0 Å². The molecule has 0 unspecified atom stereocenters. The maximum Gasteiger partial charge on any atom is 0.329 e. The van der Waals surface area contributed by atoms with Crippen molar-refractivity contribution in [3.05, 3.63) is 42.2 Å². The van der Waals surface area contributed by atoms with Gasteiger partial charge in [-0.2, -0.15) is 0 Å². The zero-order valence-electron chi connectivity index (χ0n) is 11.1. The Morgan fingerprint density at radius 3 is 2.58 bits per heavy atom. The fourth-order valence-electron chi connectivity index (χ4n) is 1.76. The number of likely N-dealkylation sites (N-methyl/N-ethyl adjacent to an activating group) is 1. The van der Waals surface area contributed by atoms with Crippen LogP contribution in [-0.4, -0.2) is 38.9 Å². The SMILES string of the molecule is CN(C(=O)c1cc2ccccn2c1)C(C)(C)C(=O)O. The van der Waals surface area contributed by atoms with E-state index >= 15 is 0 Å². The van der Waals surface area contributed by atoms with E-state index in [1.165, 1.54) is 25.8 Å². The van der Waals surface area contributed by atoms with Crippen LogP contribution in [0.3, 0.4) is 0 Å². The molecule has 5 nitrogen and oxygen atoms in total. The van der Waals surface area contributed by atoms with Crippen molar-refractivity contribution in [3.8, 4) is 0 Å². The number of rotatable bonds is 3. The molecule has 0 fully saturated rings. The maximum atomic E-state index is 12.3. The van der Waals surface area contributed by atoms with Gasteiger partial charge in [-0.25, -0.2) is 4.79 Å².